The number of amides is 3. The largest absolute Gasteiger partial charge is 0.335 e. The van der Waals surface area contributed by atoms with Crippen molar-refractivity contribution in [2.24, 2.45) is 22.7 Å². The van der Waals surface area contributed by atoms with Gasteiger partial charge in [-0.3, -0.25) is 4.79 Å². The molecule has 0 radical (unpaired) electrons. The predicted octanol–water partition coefficient (Wildman–Crippen LogP) is 4.30. The molecule has 0 saturated heterocycles. The van der Waals surface area contributed by atoms with E-state index >= 15 is 0 Å². The number of nitrogens with one attached hydrogen (secondary N) is 3. The summed E-state index contributed by atoms with van der Waals surface area (Å²) in [4.78, 5) is 24.1. The molecule has 1 aromatic rings. The zero-order chi connectivity index (χ0) is 19.8. The van der Waals surface area contributed by atoms with Crippen LogP contribution in [0.25, 0.3) is 0 Å². The number of fused-ring (bicyclic) bond motifs is 2. The number of carbonyl (C=O) groups is 2. The number of carbonyl (C=O) groups excluding carboxylic acids is 2. The maximum Gasteiger partial charge on any atom is 0.315 e. The SMILES string of the molecule is CC(C)C(=O)Nc1ccc(CNC(=O)N[C@@H]2C[C@H]3CC[C@]2(C)C3(C)C)cc1. The minimum absolute atomic E-state index is 0.00235. The Morgan fingerprint density at radius 1 is 1.15 bits per heavy atom. The average Bonchev–Trinajstić information content (AvgIpc) is 2.94. The van der Waals surface area contributed by atoms with E-state index in [2.05, 4.69) is 36.7 Å². The third kappa shape index (κ3) is 3.69. The van der Waals surface area contributed by atoms with Gasteiger partial charge in [-0.05, 0) is 53.7 Å². The molecule has 3 amide bonds. The summed E-state index contributed by atoms with van der Waals surface area (Å²) in [5, 5.41) is 9.06. The highest BCUT2D eigenvalue weighted by molar-refractivity contribution is 5.92. The lowest BCUT2D eigenvalue weighted by Crippen LogP contribution is -2.49. The van der Waals surface area contributed by atoms with E-state index in [0.29, 0.717) is 17.9 Å². The molecule has 0 spiro atoms. The van der Waals surface area contributed by atoms with Gasteiger partial charge in [0, 0.05) is 24.2 Å². The van der Waals surface area contributed by atoms with Crippen molar-refractivity contribution in [1.82, 2.24) is 10.6 Å². The lowest BCUT2D eigenvalue weighted by Gasteiger charge is -2.39. The molecule has 0 heterocycles. The number of hydrogen-bond acceptors (Lipinski definition) is 2. The van der Waals surface area contributed by atoms with Crippen LogP contribution in [0.1, 0.15) is 59.4 Å². The number of urea groups is 1. The van der Waals surface area contributed by atoms with Gasteiger partial charge in [0.05, 0.1) is 0 Å². The molecule has 2 fully saturated rings. The van der Waals surface area contributed by atoms with Gasteiger partial charge in [-0.15, -0.1) is 0 Å². The molecular formula is C22H33N3O2. The molecule has 1 aromatic carbocycles. The van der Waals surface area contributed by atoms with Crippen molar-refractivity contribution in [3.8, 4) is 0 Å². The van der Waals surface area contributed by atoms with Crippen molar-refractivity contribution in [1.29, 1.82) is 0 Å². The van der Waals surface area contributed by atoms with Crippen LogP contribution in [0.4, 0.5) is 10.5 Å². The third-order valence-electron chi connectivity index (χ3n) is 7.30. The van der Waals surface area contributed by atoms with Gasteiger partial charge in [0.1, 0.15) is 0 Å². The molecule has 0 unspecified atom stereocenters. The van der Waals surface area contributed by atoms with Crippen LogP contribution >= 0.6 is 0 Å². The molecule has 3 rings (SSSR count). The van der Waals surface area contributed by atoms with Gasteiger partial charge in [-0.25, -0.2) is 4.79 Å². The molecule has 3 N–H and O–H groups in total. The average molecular weight is 372 g/mol. The standard InChI is InChI=1S/C22H33N3O2/c1-14(2)19(26)24-17-8-6-15(7-9-17)13-23-20(27)25-18-12-16-10-11-22(18,5)21(16,3)4/h6-9,14,16,18H,10-13H2,1-5H3,(H,24,26)(H2,23,25,27)/t16-,18-,22+/m1/s1. The summed E-state index contributed by atoms with van der Waals surface area (Å²) in [5.74, 6) is 0.664. The van der Waals surface area contributed by atoms with E-state index in [1.807, 2.05) is 38.1 Å². The van der Waals surface area contributed by atoms with Crippen molar-refractivity contribution in [3.05, 3.63) is 29.8 Å². The zero-order valence-corrected chi connectivity index (χ0v) is 17.2. The molecular weight excluding hydrogens is 338 g/mol. The van der Waals surface area contributed by atoms with Crippen molar-refractivity contribution in [2.75, 3.05) is 5.32 Å². The second kappa shape index (κ2) is 7.17. The first kappa shape index (κ1) is 19.7. The predicted molar refractivity (Wildman–Crippen MR) is 108 cm³/mol. The molecule has 2 aliphatic rings. The fourth-order valence-corrected chi connectivity index (χ4v) is 4.81. The molecule has 5 nitrogen and oxygen atoms in total. The number of hydrogen-bond donors (Lipinski definition) is 3. The van der Waals surface area contributed by atoms with E-state index in [1.165, 1.54) is 12.8 Å². The highest BCUT2D eigenvalue weighted by atomic mass is 16.2. The topological polar surface area (TPSA) is 70.2 Å². The first-order valence-electron chi connectivity index (χ1n) is 10.1. The van der Waals surface area contributed by atoms with E-state index in [9.17, 15) is 9.59 Å². The first-order valence-corrected chi connectivity index (χ1v) is 10.1. The highest BCUT2D eigenvalue weighted by Gasteiger charge is 2.61. The van der Waals surface area contributed by atoms with Crippen molar-refractivity contribution in [3.63, 3.8) is 0 Å². The number of rotatable bonds is 5. The molecule has 148 valence electrons. The maximum absolute atomic E-state index is 12.4. The second-order valence-corrected chi connectivity index (χ2v) is 9.33. The van der Waals surface area contributed by atoms with Crippen molar-refractivity contribution >= 4 is 17.6 Å². The van der Waals surface area contributed by atoms with Crippen LogP contribution in [0.3, 0.4) is 0 Å². The third-order valence-corrected chi connectivity index (χ3v) is 7.30. The summed E-state index contributed by atoms with van der Waals surface area (Å²) >= 11 is 0. The van der Waals surface area contributed by atoms with Gasteiger partial charge in [0.2, 0.25) is 5.91 Å². The Kier molecular flexibility index (Phi) is 5.24. The Bertz CT molecular complexity index is 711. The lowest BCUT2D eigenvalue weighted by atomic mass is 9.69. The maximum atomic E-state index is 12.4. The van der Waals surface area contributed by atoms with Gasteiger partial charge < -0.3 is 16.0 Å². The van der Waals surface area contributed by atoms with Crippen molar-refractivity contribution in [2.45, 2.75) is 66.5 Å². The van der Waals surface area contributed by atoms with Gasteiger partial charge in [-0.1, -0.05) is 46.8 Å². The fraction of sp³-hybridized carbons (Fsp3) is 0.636. The van der Waals surface area contributed by atoms with Crippen LogP contribution in [0.2, 0.25) is 0 Å². The number of benzene rings is 1. The smallest absolute Gasteiger partial charge is 0.315 e. The Morgan fingerprint density at radius 2 is 1.81 bits per heavy atom. The first-order chi connectivity index (χ1) is 12.6. The van der Waals surface area contributed by atoms with Crippen LogP contribution in [0.5, 0.6) is 0 Å². The van der Waals surface area contributed by atoms with Crippen LogP contribution in [0.15, 0.2) is 24.3 Å². The Hall–Kier alpha value is -2.04. The molecule has 5 heteroatoms. The van der Waals surface area contributed by atoms with Crippen LogP contribution < -0.4 is 16.0 Å². The second-order valence-electron chi connectivity index (χ2n) is 9.33. The minimum atomic E-state index is -0.0956. The normalized spacial score (nSPS) is 28.2. The minimum Gasteiger partial charge on any atom is -0.335 e. The molecule has 0 aliphatic heterocycles. The summed E-state index contributed by atoms with van der Waals surface area (Å²) < 4.78 is 0. The van der Waals surface area contributed by atoms with Gasteiger partial charge in [-0.2, -0.15) is 0 Å². The highest BCUT2D eigenvalue weighted by Crippen LogP contribution is 2.65. The summed E-state index contributed by atoms with van der Waals surface area (Å²) in [5.41, 5.74) is 2.26. The van der Waals surface area contributed by atoms with Crippen LogP contribution in [-0.2, 0) is 11.3 Å². The van der Waals surface area contributed by atoms with E-state index in [4.69, 9.17) is 0 Å². The lowest BCUT2D eigenvalue weighted by molar-refractivity contribution is -0.118. The van der Waals surface area contributed by atoms with Crippen molar-refractivity contribution < 1.29 is 9.59 Å². The Morgan fingerprint density at radius 3 is 2.33 bits per heavy atom. The Labute approximate surface area is 162 Å². The monoisotopic (exact) mass is 371 g/mol. The molecule has 2 saturated carbocycles. The van der Waals surface area contributed by atoms with Crippen LogP contribution in [-0.4, -0.2) is 18.0 Å². The molecule has 2 aliphatic carbocycles. The fourth-order valence-electron chi connectivity index (χ4n) is 4.81. The molecule has 3 atom stereocenters. The Balaban J connectivity index is 1.49. The summed E-state index contributed by atoms with van der Waals surface area (Å²) in [6.45, 7) is 11.2. The van der Waals surface area contributed by atoms with Gasteiger partial charge >= 0.3 is 6.03 Å². The van der Waals surface area contributed by atoms with Crippen LogP contribution in [0, 0.1) is 22.7 Å². The van der Waals surface area contributed by atoms with Gasteiger partial charge in [0.25, 0.3) is 0 Å². The summed E-state index contributed by atoms with van der Waals surface area (Å²) in [6, 6.07) is 7.75. The van der Waals surface area contributed by atoms with E-state index < -0.39 is 0 Å². The quantitative estimate of drug-likeness (QED) is 0.722. The van der Waals surface area contributed by atoms with Gasteiger partial charge in [0.15, 0.2) is 0 Å². The zero-order valence-electron chi connectivity index (χ0n) is 17.2. The van der Waals surface area contributed by atoms with E-state index in [-0.39, 0.29) is 29.3 Å². The van der Waals surface area contributed by atoms with E-state index in [1.54, 1.807) is 0 Å². The molecule has 2 bridgehead atoms. The molecule has 27 heavy (non-hydrogen) atoms. The van der Waals surface area contributed by atoms with E-state index in [0.717, 1.165) is 17.7 Å². The molecule has 0 aromatic heterocycles. The number of anilines is 1. The summed E-state index contributed by atoms with van der Waals surface area (Å²) in [6.07, 6.45) is 3.56. The summed E-state index contributed by atoms with van der Waals surface area (Å²) in [7, 11) is 0.